The van der Waals surface area contributed by atoms with Crippen LogP contribution in [0.1, 0.15) is 18.4 Å². The summed E-state index contributed by atoms with van der Waals surface area (Å²) in [4.78, 5) is 24.2. The number of carbonyl (C=O) groups is 2. The zero-order valence-corrected chi connectivity index (χ0v) is 17.7. The standard InChI is InChI=1S/C21H22N4O5S/c1-25(31(28,29)19-7-3-2-5-15(19)13-22)14-20(26)23-16-8-10-17(11-9-16)24-21(27)18-6-4-12-30-18/h2-3,5,7-11,18H,4,6,12,14H2,1H3,(H,23,26)(H,24,27). The maximum Gasteiger partial charge on any atom is 0.253 e. The predicted molar refractivity (Wildman–Crippen MR) is 114 cm³/mol. The van der Waals surface area contributed by atoms with Crippen LogP contribution in [0.15, 0.2) is 53.4 Å². The highest BCUT2D eigenvalue weighted by Gasteiger charge is 2.26. The van der Waals surface area contributed by atoms with Gasteiger partial charge in [-0.25, -0.2) is 8.42 Å². The van der Waals surface area contributed by atoms with Crippen LogP contribution < -0.4 is 10.6 Å². The van der Waals surface area contributed by atoms with E-state index in [1.807, 2.05) is 6.07 Å². The van der Waals surface area contributed by atoms with Crippen LogP contribution in [0.25, 0.3) is 0 Å². The number of hydrogen-bond acceptors (Lipinski definition) is 6. The molecular weight excluding hydrogens is 420 g/mol. The Balaban J connectivity index is 1.58. The second kappa shape index (κ2) is 9.70. The molecule has 31 heavy (non-hydrogen) atoms. The molecule has 0 aromatic heterocycles. The highest BCUT2D eigenvalue weighted by molar-refractivity contribution is 7.89. The van der Waals surface area contributed by atoms with Crippen LogP contribution in [0, 0.1) is 11.3 Å². The first kappa shape index (κ1) is 22.4. The van der Waals surface area contributed by atoms with Gasteiger partial charge in [0.2, 0.25) is 15.9 Å². The molecule has 162 valence electrons. The van der Waals surface area contributed by atoms with Crippen molar-refractivity contribution in [3.05, 3.63) is 54.1 Å². The number of carbonyl (C=O) groups excluding carboxylic acids is 2. The minimum Gasteiger partial charge on any atom is -0.368 e. The second-order valence-corrected chi connectivity index (χ2v) is 9.00. The summed E-state index contributed by atoms with van der Waals surface area (Å²) in [7, 11) is -2.74. The van der Waals surface area contributed by atoms with Crippen LogP contribution >= 0.6 is 0 Å². The lowest BCUT2D eigenvalue weighted by Crippen LogP contribution is -2.35. The number of nitrogens with zero attached hydrogens (tertiary/aromatic N) is 2. The van der Waals surface area contributed by atoms with Gasteiger partial charge in [0.25, 0.3) is 5.91 Å². The van der Waals surface area contributed by atoms with Crippen LogP contribution in [0.5, 0.6) is 0 Å². The molecule has 1 heterocycles. The Kier molecular flexibility index (Phi) is 7.02. The molecule has 9 nitrogen and oxygen atoms in total. The number of likely N-dealkylation sites (N-methyl/N-ethyl adjacent to an activating group) is 1. The van der Waals surface area contributed by atoms with Gasteiger partial charge in [-0.05, 0) is 49.2 Å². The fraction of sp³-hybridized carbons (Fsp3) is 0.286. The van der Waals surface area contributed by atoms with E-state index in [0.29, 0.717) is 24.4 Å². The molecule has 1 atom stereocenters. The molecule has 0 bridgehead atoms. The Morgan fingerprint density at radius 1 is 1.13 bits per heavy atom. The maximum absolute atomic E-state index is 12.7. The molecule has 1 unspecified atom stereocenters. The average molecular weight is 442 g/mol. The lowest BCUT2D eigenvalue weighted by atomic mass is 10.2. The first-order valence-electron chi connectivity index (χ1n) is 9.59. The molecule has 1 saturated heterocycles. The number of sulfonamides is 1. The maximum atomic E-state index is 12.7. The molecule has 2 N–H and O–H groups in total. The zero-order valence-electron chi connectivity index (χ0n) is 16.9. The predicted octanol–water partition coefficient (Wildman–Crippen LogP) is 1.93. The molecule has 10 heteroatoms. The molecule has 0 spiro atoms. The van der Waals surface area contributed by atoms with Crippen molar-refractivity contribution in [1.82, 2.24) is 4.31 Å². The largest absolute Gasteiger partial charge is 0.368 e. The SMILES string of the molecule is CN(CC(=O)Nc1ccc(NC(=O)C2CCCO2)cc1)S(=O)(=O)c1ccccc1C#N. The topological polar surface area (TPSA) is 129 Å². The van der Waals surface area contributed by atoms with Crippen LogP contribution in [0.4, 0.5) is 11.4 Å². The number of nitriles is 1. The van der Waals surface area contributed by atoms with Gasteiger partial charge < -0.3 is 15.4 Å². The summed E-state index contributed by atoms with van der Waals surface area (Å²) in [6.45, 7) is 0.148. The van der Waals surface area contributed by atoms with E-state index in [1.54, 1.807) is 30.3 Å². The van der Waals surface area contributed by atoms with Crippen molar-refractivity contribution in [3.63, 3.8) is 0 Å². The summed E-state index contributed by atoms with van der Waals surface area (Å²) in [5.74, 6) is -0.754. The van der Waals surface area contributed by atoms with Crippen LogP contribution in [0.2, 0.25) is 0 Å². The summed E-state index contributed by atoms with van der Waals surface area (Å²) in [5, 5.41) is 14.5. The minimum absolute atomic E-state index is 0.00963. The zero-order chi connectivity index (χ0) is 22.4. The summed E-state index contributed by atoms with van der Waals surface area (Å²) in [5.41, 5.74) is 1.02. The third-order valence-electron chi connectivity index (χ3n) is 4.72. The van der Waals surface area contributed by atoms with E-state index < -0.39 is 28.6 Å². The highest BCUT2D eigenvalue weighted by atomic mass is 32.2. The number of nitrogens with one attached hydrogen (secondary N) is 2. The van der Waals surface area contributed by atoms with E-state index in [1.165, 1.54) is 25.2 Å². The number of anilines is 2. The van der Waals surface area contributed by atoms with Gasteiger partial charge in [0.1, 0.15) is 12.2 Å². The quantitative estimate of drug-likeness (QED) is 0.674. The monoisotopic (exact) mass is 442 g/mol. The summed E-state index contributed by atoms with van der Waals surface area (Å²) in [6.07, 6.45) is 1.10. The Bertz CT molecular complexity index is 1100. The van der Waals surface area contributed by atoms with Gasteiger partial charge in [0, 0.05) is 25.0 Å². The Morgan fingerprint density at radius 3 is 2.39 bits per heavy atom. The van der Waals surface area contributed by atoms with Crippen molar-refractivity contribution in [2.75, 3.05) is 30.8 Å². The van der Waals surface area contributed by atoms with E-state index in [-0.39, 0.29) is 16.4 Å². The molecule has 3 rings (SSSR count). The third kappa shape index (κ3) is 5.46. The molecular formula is C21H22N4O5S. The van der Waals surface area contributed by atoms with Crippen molar-refractivity contribution in [2.24, 2.45) is 0 Å². The number of hydrogen-bond donors (Lipinski definition) is 2. The molecule has 2 aromatic rings. The molecule has 0 saturated carbocycles. The van der Waals surface area contributed by atoms with Crippen molar-refractivity contribution < 1.29 is 22.7 Å². The van der Waals surface area contributed by atoms with Crippen molar-refractivity contribution in [3.8, 4) is 6.07 Å². The summed E-state index contributed by atoms with van der Waals surface area (Å²) in [6, 6.07) is 14.1. The molecule has 1 fully saturated rings. The fourth-order valence-electron chi connectivity index (χ4n) is 3.08. The lowest BCUT2D eigenvalue weighted by Gasteiger charge is -2.17. The summed E-state index contributed by atoms with van der Waals surface area (Å²) >= 11 is 0. The smallest absolute Gasteiger partial charge is 0.253 e. The molecule has 0 radical (unpaired) electrons. The third-order valence-corrected chi connectivity index (χ3v) is 6.58. The van der Waals surface area contributed by atoms with Crippen LogP contribution in [-0.2, 0) is 24.3 Å². The van der Waals surface area contributed by atoms with Gasteiger partial charge in [0.15, 0.2) is 0 Å². The van der Waals surface area contributed by atoms with Gasteiger partial charge in [-0.1, -0.05) is 12.1 Å². The first-order chi connectivity index (χ1) is 14.8. The van der Waals surface area contributed by atoms with Crippen molar-refractivity contribution >= 4 is 33.2 Å². The van der Waals surface area contributed by atoms with E-state index in [9.17, 15) is 18.0 Å². The van der Waals surface area contributed by atoms with Gasteiger partial charge in [0.05, 0.1) is 17.0 Å². The van der Waals surface area contributed by atoms with Gasteiger partial charge in [-0.15, -0.1) is 0 Å². The van der Waals surface area contributed by atoms with Crippen molar-refractivity contribution in [1.29, 1.82) is 5.26 Å². The lowest BCUT2D eigenvalue weighted by molar-refractivity contribution is -0.124. The van der Waals surface area contributed by atoms with Gasteiger partial charge in [-0.3, -0.25) is 9.59 Å². The van der Waals surface area contributed by atoms with E-state index >= 15 is 0 Å². The number of benzene rings is 2. The highest BCUT2D eigenvalue weighted by Crippen LogP contribution is 2.20. The van der Waals surface area contributed by atoms with E-state index in [4.69, 9.17) is 10.00 Å². The average Bonchev–Trinajstić information content (AvgIpc) is 3.30. The fourth-order valence-corrected chi connectivity index (χ4v) is 4.35. The van der Waals surface area contributed by atoms with Crippen LogP contribution in [0.3, 0.4) is 0 Å². The van der Waals surface area contributed by atoms with Crippen molar-refractivity contribution in [2.45, 2.75) is 23.8 Å². The minimum atomic E-state index is -4.01. The molecule has 2 amide bonds. The number of amides is 2. The molecule has 1 aliphatic heterocycles. The Hall–Kier alpha value is -3.26. The normalized spacial score (nSPS) is 16.0. The Morgan fingerprint density at radius 2 is 1.77 bits per heavy atom. The molecule has 1 aliphatic rings. The van der Waals surface area contributed by atoms with E-state index in [2.05, 4.69) is 10.6 Å². The van der Waals surface area contributed by atoms with Gasteiger partial charge in [-0.2, -0.15) is 9.57 Å². The number of rotatable bonds is 7. The first-order valence-corrected chi connectivity index (χ1v) is 11.0. The number of ether oxygens (including phenoxy) is 1. The second-order valence-electron chi connectivity index (χ2n) is 6.99. The summed E-state index contributed by atoms with van der Waals surface area (Å²) < 4.78 is 31.6. The molecule has 0 aliphatic carbocycles. The molecule has 2 aromatic carbocycles. The van der Waals surface area contributed by atoms with E-state index in [0.717, 1.165) is 10.7 Å². The van der Waals surface area contributed by atoms with Crippen LogP contribution in [-0.4, -0.2) is 50.8 Å². The van der Waals surface area contributed by atoms with Gasteiger partial charge >= 0.3 is 0 Å². The Labute approximate surface area is 180 Å².